The average molecular weight is 440 g/mol. The van der Waals surface area contributed by atoms with Crippen LogP contribution in [0.4, 0.5) is 26.3 Å². The van der Waals surface area contributed by atoms with Crippen LogP contribution >= 0.6 is 22.6 Å². The summed E-state index contributed by atoms with van der Waals surface area (Å²) in [5.41, 5.74) is -5.14. The molecule has 10 heteroatoms. The number of hydrogen-bond acceptors (Lipinski definition) is 3. The van der Waals surface area contributed by atoms with Gasteiger partial charge in [0, 0.05) is 5.56 Å². The number of ketones is 1. The van der Waals surface area contributed by atoms with E-state index in [9.17, 15) is 41.4 Å². The number of aliphatic hydroxyl groups is 2. The number of halogens is 7. The Morgan fingerprint density at radius 3 is 2.09 bits per heavy atom. The quantitative estimate of drug-likeness (QED) is 0.306. The fraction of sp³-hybridized carbons (Fsp3) is 0.417. The number of hydrogen-bond donors (Lipinski definition) is 2. The summed E-state index contributed by atoms with van der Waals surface area (Å²) in [5, 5.41) is 19.5. The predicted molar refractivity (Wildman–Crippen MR) is 69.0 cm³/mol. The molecule has 1 aliphatic carbocycles. The van der Waals surface area contributed by atoms with Crippen LogP contribution in [0, 0.1) is 17.5 Å². The van der Waals surface area contributed by atoms with Gasteiger partial charge in [-0.05, 0) is 6.92 Å². The number of benzene rings is 1. The number of Topliss-reactive ketones (excluding diaryl/α,β-unsaturated/α-hetero) is 1. The van der Waals surface area contributed by atoms with Crippen LogP contribution in [0.15, 0.2) is 0 Å². The summed E-state index contributed by atoms with van der Waals surface area (Å²) in [5.74, 6) is -8.40. The largest absolute Gasteiger partial charge is 0.422 e. The molecule has 2 rings (SSSR count). The van der Waals surface area contributed by atoms with Gasteiger partial charge >= 0.3 is 6.18 Å². The zero-order chi connectivity index (χ0) is 17.2. The van der Waals surface area contributed by atoms with Crippen molar-refractivity contribution in [2.75, 3.05) is 0 Å². The Morgan fingerprint density at radius 2 is 1.68 bits per heavy atom. The van der Waals surface area contributed by atoms with E-state index in [4.69, 9.17) is 0 Å². The minimum Gasteiger partial charge on any atom is -0.391 e. The third-order valence-corrected chi connectivity index (χ3v) is 5.48. The van der Waals surface area contributed by atoms with E-state index in [0.717, 1.165) is 6.92 Å². The van der Waals surface area contributed by atoms with Crippen molar-refractivity contribution in [1.29, 1.82) is 0 Å². The van der Waals surface area contributed by atoms with Gasteiger partial charge in [0.2, 0.25) is 0 Å². The summed E-state index contributed by atoms with van der Waals surface area (Å²) in [7, 11) is 0. The zero-order valence-electron chi connectivity index (χ0n) is 10.6. The van der Waals surface area contributed by atoms with Crippen LogP contribution in [0.1, 0.15) is 34.5 Å². The maximum Gasteiger partial charge on any atom is 0.422 e. The molecule has 0 amide bonds. The third-order valence-electron chi connectivity index (χ3n) is 3.49. The second-order valence-electron chi connectivity index (χ2n) is 4.78. The Balaban J connectivity index is 2.90. The average Bonchev–Trinajstić information content (AvgIpc) is 2.57. The van der Waals surface area contributed by atoms with E-state index in [1.807, 2.05) is 0 Å². The second-order valence-corrected chi connectivity index (χ2v) is 6.56. The molecule has 3 unspecified atom stereocenters. The van der Waals surface area contributed by atoms with Gasteiger partial charge in [-0.25, -0.2) is 13.2 Å². The van der Waals surface area contributed by atoms with Crippen LogP contribution in [0.5, 0.6) is 0 Å². The lowest BCUT2D eigenvalue weighted by molar-refractivity contribution is -0.143. The van der Waals surface area contributed by atoms with Gasteiger partial charge in [-0.1, -0.05) is 22.6 Å². The van der Waals surface area contributed by atoms with E-state index < -0.39 is 61.7 Å². The normalized spacial score (nSPS) is 26.3. The highest BCUT2D eigenvalue weighted by molar-refractivity contribution is 14.1. The SMILES string of the molecule is CC(O)C1(I)C(=O)c2c(F)c(F)c(C(F)(F)F)c(F)c2C1O. The van der Waals surface area contributed by atoms with E-state index in [2.05, 4.69) is 0 Å². The molecule has 0 aliphatic heterocycles. The molecule has 1 aliphatic rings. The van der Waals surface area contributed by atoms with E-state index in [-0.39, 0.29) is 0 Å². The number of rotatable bonds is 1. The second kappa shape index (κ2) is 5.06. The van der Waals surface area contributed by atoms with E-state index >= 15 is 0 Å². The van der Waals surface area contributed by atoms with Crippen molar-refractivity contribution in [2.24, 2.45) is 0 Å². The highest BCUT2D eigenvalue weighted by Gasteiger charge is 2.59. The zero-order valence-corrected chi connectivity index (χ0v) is 12.8. The fourth-order valence-corrected chi connectivity index (χ4v) is 2.93. The molecular weight excluding hydrogens is 433 g/mol. The van der Waals surface area contributed by atoms with E-state index in [0.29, 0.717) is 0 Å². The van der Waals surface area contributed by atoms with Gasteiger partial charge in [-0.15, -0.1) is 0 Å². The predicted octanol–water partition coefficient (Wildman–Crippen LogP) is 2.91. The number of carbonyl (C=O) groups excluding carboxylic acids is 1. The highest BCUT2D eigenvalue weighted by Crippen LogP contribution is 2.51. The summed E-state index contributed by atoms with van der Waals surface area (Å²) < 4.78 is 77.2. The van der Waals surface area contributed by atoms with Gasteiger partial charge in [0.25, 0.3) is 0 Å². The molecule has 0 spiro atoms. The molecule has 1 aromatic rings. The number of aliphatic hydroxyl groups excluding tert-OH is 2. The van der Waals surface area contributed by atoms with Crippen molar-refractivity contribution in [1.82, 2.24) is 0 Å². The molecule has 1 aromatic carbocycles. The van der Waals surface area contributed by atoms with Crippen LogP contribution in [-0.4, -0.2) is 25.5 Å². The van der Waals surface area contributed by atoms with Gasteiger partial charge in [0.15, 0.2) is 17.4 Å². The van der Waals surface area contributed by atoms with Crippen molar-refractivity contribution < 1.29 is 41.4 Å². The summed E-state index contributed by atoms with van der Waals surface area (Å²) in [6, 6.07) is 0. The minimum absolute atomic E-state index is 1.01. The van der Waals surface area contributed by atoms with Gasteiger partial charge in [0.05, 0.1) is 11.7 Å². The van der Waals surface area contributed by atoms with Crippen LogP contribution in [-0.2, 0) is 6.18 Å². The Kier molecular flexibility index (Phi) is 4.02. The topological polar surface area (TPSA) is 57.5 Å². The molecule has 2 N–H and O–H groups in total. The van der Waals surface area contributed by atoms with Gasteiger partial charge in [0.1, 0.15) is 20.9 Å². The first-order valence-electron chi connectivity index (χ1n) is 5.74. The lowest BCUT2D eigenvalue weighted by Crippen LogP contribution is -2.43. The standard InChI is InChI=1S/C12H7F6IO3/c1-2(20)11(19)9(21)3-4(10(11)22)7(14)8(15)5(6(3)13)12(16,17)18/h2,9,20-21H,1H3. The molecule has 3 atom stereocenters. The molecule has 0 radical (unpaired) electrons. The van der Waals surface area contributed by atoms with Gasteiger partial charge in [-0.3, -0.25) is 4.79 Å². The van der Waals surface area contributed by atoms with Crippen LogP contribution in [0.3, 0.4) is 0 Å². The first-order valence-corrected chi connectivity index (χ1v) is 6.82. The molecule has 0 heterocycles. The third kappa shape index (κ3) is 2.07. The van der Waals surface area contributed by atoms with Gasteiger partial charge < -0.3 is 10.2 Å². The number of alkyl halides is 4. The highest BCUT2D eigenvalue weighted by atomic mass is 127. The van der Waals surface area contributed by atoms with Crippen LogP contribution < -0.4 is 0 Å². The van der Waals surface area contributed by atoms with Crippen molar-refractivity contribution in [3.8, 4) is 0 Å². The molecular formula is C12H7F6IO3. The molecule has 22 heavy (non-hydrogen) atoms. The van der Waals surface area contributed by atoms with Crippen molar-refractivity contribution >= 4 is 28.4 Å². The van der Waals surface area contributed by atoms with Crippen molar-refractivity contribution in [3.05, 3.63) is 34.1 Å². The van der Waals surface area contributed by atoms with Crippen molar-refractivity contribution in [2.45, 2.75) is 28.7 Å². The minimum atomic E-state index is -5.56. The van der Waals surface area contributed by atoms with E-state index in [1.54, 1.807) is 0 Å². The first-order chi connectivity index (χ1) is 9.86. The Morgan fingerprint density at radius 1 is 1.18 bits per heavy atom. The Hall–Kier alpha value is -0.880. The summed E-state index contributed by atoms with van der Waals surface area (Å²) >= 11 is 1.19. The van der Waals surface area contributed by atoms with Crippen LogP contribution in [0.2, 0.25) is 0 Å². The molecule has 0 aromatic heterocycles. The fourth-order valence-electron chi connectivity index (χ4n) is 2.35. The summed E-state index contributed by atoms with van der Waals surface area (Å²) in [6.45, 7) is 1.01. The first kappa shape index (κ1) is 17.5. The van der Waals surface area contributed by atoms with Crippen LogP contribution in [0.25, 0.3) is 0 Å². The Labute approximate surface area is 133 Å². The molecule has 0 saturated heterocycles. The van der Waals surface area contributed by atoms with Gasteiger partial charge in [-0.2, -0.15) is 13.2 Å². The smallest absolute Gasteiger partial charge is 0.391 e. The monoisotopic (exact) mass is 440 g/mol. The summed E-state index contributed by atoms with van der Waals surface area (Å²) in [6.07, 6.45) is -9.47. The maximum atomic E-state index is 14.0. The molecule has 0 bridgehead atoms. The molecule has 3 nitrogen and oxygen atoms in total. The number of carbonyl (C=O) groups is 1. The number of fused-ring (bicyclic) bond motifs is 1. The van der Waals surface area contributed by atoms with Crippen molar-refractivity contribution in [3.63, 3.8) is 0 Å². The lowest BCUT2D eigenvalue weighted by atomic mass is 9.96. The molecule has 122 valence electrons. The van der Waals surface area contributed by atoms with E-state index in [1.165, 1.54) is 22.6 Å². The maximum absolute atomic E-state index is 14.0. The summed E-state index contributed by atoms with van der Waals surface area (Å²) in [4.78, 5) is 12.1. The molecule has 0 saturated carbocycles. The Bertz CT molecular complexity index is 672. The molecule has 0 fully saturated rings. The lowest BCUT2D eigenvalue weighted by Gasteiger charge is -2.27.